The number of hydrogen-bond acceptors (Lipinski definition) is 3. The summed E-state index contributed by atoms with van der Waals surface area (Å²) in [5.74, 6) is 1.83. The van der Waals surface area contributed by atoms with Crippen molar-refractivity contribution in [3.05, 3.63) is 41.3 Å². The molecule has 1 heterocycles. The van der Waals surface area contributed by atoms with Gasteiger partial charge < -0.3 is 14.8 Å². The smallest absolute Gasteiger partial charge is 0.208 e. The molecular weight excluding hydrogens is 238 g/mol. The molecule has 1 aromatic rings. The Labute approximate surface area is 114 Å². The van der Waals surface area contributed by atoms with Gasteiger partial charge in [-0.3, -0.25) is 0 Å². The van der Waals surface area contributed by atoms with E-state index in [1.165, 1.54) is 30.4 Å². The van der Waals surface area contributed by atoms with Gasteiger partial charge in [0.15, 0.2) is 5.60 Å². The molecule has 102 valence electrons. The molecule has 1 N–H and O–H groups in total. The van der Waals surface area contributed by atoms with Gasteiger partial charge in [0.05, 0.1) is 0 Å². The molecule has 0 saturated heterocycles. The zero-order valence-corrected chi connectivity index (χ0v) is 11.8. The molecular formula is C16H21NO2. The molecule has 0 amide bonds. The predicted octanol–water partition coefficient (Wildman–Crippen LogP) is 3.14. The monoisotopic (exact) mass is 259 g/mol. The minimum atomic E-state index is -0.416. The highest BCUT2D eigenvalue weighted by atomic mass is 16.6. The summed E-state index contributed by atoms with van der Waals surface area (Å²) in [6.07, 6.45) is 5.39. The lowest BCUT2D eigenvalue weighted by molar-refractivity contribution is -0.0428. The van der Waals surface area contributed by atoms with Crippen LogP contribution in [0.25, 0.3) is 0 Å². The lowest BCUT2D eigenvalue weighted by atomic mass is 10.1. The molecule has 3 nitrogen and oxygen atoms in total. The maximum absolute atomic E-state index is 6.14. The van der Waals surface area contributed by atoms with Crippen molar-refractivity contribution in [2.75, 3.05) is 0 Å². The quantitative estimate of drug-likeness (QED) is 0.904. The van der Waals surface area contributed by atoms with Crippen LogP contribution in [0.2, 0.25) is 0 Å². The van der Waals surface area contributed by atoms with Crippen molar-refractivity contribution in [1.29, 1.82) is 0 Å². The van der Waals surface area contributed by atoms with Crippen molar-refractivity contribution in [3.8, 4) is 5.75 Å². The van der Waals surface area contributed by atoms with Crippen molar-refractivity contribution in [3.63, 3.8) is 0 Å². The molecule has 19 heavy (non-hydrogen) atoms. The van der Waals surface area contributed by atoms with Gasteiger partial charge >= 0.3 is 0 Å². The maximum atomic E-state index is 6.14. The Balaban J connectivity index is 1.73. The fourth-order valence-electron chi connectivity index (χ4n) is 2.76. The minimum absolute atomic E-state index is 0.138. The van der Waals surface area contributed by atoms with E-state index in [0.717, 1.165) is 11.5 Å². The Bertz CT molecular complexity index is 519. The van der Waals surface area contributed by atoms with Gasteiger partial charge in [0.1, 0.15) is 11.5 Å². The third-order valence-corrected chi connectivity index (χ3v) is 3.82. The highest BCUT2D eigenvalue weighted by molar-refractivity contribution is 5.38. The zero-order valence-electron chi connectivity index (χ0n) is 11.8. The van der Waals surface area contributed by atoms with Crippen molar-refractivity contribution in [2.24, 2.45) is 0 Å². The summed E-state index contributed by atoms with van der Waals surface area (Å²) < 4.78 is 11.9. The topological polar surface area (TPSA) is 30.5 Å². The van der Waals surface area contributed by atoms with E-state index in [1.54, 1.807) is 0 Å². The normalized spacial score (nSPS) is 21.4. The van der Waals surface area contributed by atoms with E-state index in [2.05, 4.69) is 23.5 Å². The molecule has 0 radical (unpaired) electrons. The lowest BCUT2D eigenvalue weighted by Gasteiger charge is -2.32. The third kappa shape index (κ3) is 2.42. The van der Waals surface area contributed by atoms with Crippen LogP contribution in [-0.2, 0) is 17.6 Å². The summed E-state index contributed by atoms with van der Waals surface area (Å²) in [6.45, 7) is 6.03. The molecule has 0 unspecified atom stereocenters. The highest BCUT2D eigenvalue weighted by Crippen LogP contribution is 2.30. The predicted molar refractivity (Wildman–Crippen MR) is 74.9 cm³/mol. The molecule has 1 aliphatic heterocycles. The van der Waals surface area contributed by atoms with E-state index >= 15 is 0 Å². The Kier molecular flexibility index (Phi) is 2.92. The summed E-state index contributed by atoms with van der Waals surface area (Å²) in [5.41, 5.74) is 2.49. The maximum Gasteiger partial charge on any atom is 0.208 e. The lowest BCUT2D eigenvalue weighted by Crippen LogP contribution is -2.48. The van der Waals surface area contributed by atoms with E-state index in [1.807, 2.05) is 27.0 Å². The molecule has 1 aromatic carbocycles. The van der Waals surface area contributed by atoms with E-state index in [9.17, 15) is 0 Å². The molecule has 1 aliphatic carbocycles. The molecule has 0 saturated carbocycles. The number of fused-ring (bicyclic) bond motifs is 1. The van der Waals surface area contributed by atoms with Gasteiger partial charge in [-0.2, -0.15) is 0 Å². The van der Waals surface area contributed by atoms with Gasteiger partial charge in [-0.05, 0) is 63.3 Å². The number of ether oxygens (including phenoxy) is 2. The van der Waals surface area contributed by atoms with Gasteiger partial charge in [0.25, 0.3) is 0 Å². The number of benzene rings is 1. The van der Waals surface area contributed by atoms with E-state index in [4.69, 9.17) is 9.47 Å². The second-order valence-electron chi connectivity index (χ2n) is 5.91. The number of nitrogens with one attached hydrogen (secondary N) is 1. The fourth-order valence-corrected chi connectivity index (χ4v) is 2.76. The Morgan fingerprint density at radius 2 is 2.05 bits per heavy atom. The van der Waals surface area contributed by atoms with Crippen LogP contribution in [0.15, 0.2) is 30.2 Å². The van der Waals surface area contributed by atoms with Crippen molar-refractivity contribution in [2.45, 2.75) is 51.9 Å². The first-order chi connectivity index (χ1) is 9.04. The van der Waals surface area contributed by atoms with Gasteiger partial charge in [-0.15, -0.1) is 0 Å². The number of rotatable bonds is 3. The van der Waals surface area contributed by atoms with Crippen LogP contribution >= 0.6 is 0 Å². The van der Waals surface area contributed by atoms with Crippen molar-refractivity contribution < 1.29 is 9.47 Å². The second kappa shape index (κ2) is 4.48. The average molecular weight is 259 g/mol. The number of allylic oxidation sites excluding steroid dienone is 1. The van der Waals surface area contributed by atoms with Crippen LogP contribution in [0.3, 0.4) is 0 Å². The molecule has 0 aromatic heterocycles. The fraction of sp³-hybridized carbons (Fsp3) is 0.500. The Morgan fingerprint density at radius 3 is 2.79 bits per heavy atom. The van der Waals surface area contributed by atoms with Crippen LogP contribution in [0.4, 0.5) is 0 Å². The van der Waals surface area contributed by atoms with Crippen molar-refractivity contribution >= 4 is 0 Å². The van der Waals surface area contributed by atoms with Gasteiger partial charge in [-0.1, -0.05) is 6.07 Å². The summed E-state index contributed by atoms with van der Waals surface area (Å²) in [5, 5.41) is 3.21. The molecule has 0 bridgehead atoms. The Hall–Kier alpha value is -1.64. The second-order valence-corrected chi connectivity index (χ2v) is 5.91. The molecule has 2 aliphatic rings. The van der Waals surface area contributed by atoms with Crippen LogP contribution in [0.1, 0.15) is 38.3 Å². The average Bonchev–Trinajstić information content (AvgIpc) is 2.96. The molecule has 3 heteroatoms. The minimum Gasteiger partial charge on any atom is -0.482 e. The van der Waals surface area contributed by atoms with Crippen molar-refractivity contribution in [1.82, 2.24) is 5.32 Å². The van der Waals surface area contributed by atoms with Crippen LogP contribution in [0.5, 0.6) is 5.75 Å². The van der Waals surface area contributed by atoms with Crippen LogP contribution in [0, 0.1) is 0 Å². The van der Waals surface area contributed by atoms with E-state index in [0.29, 0.717) is 0 Å². The first-order valence-electron chi connectivity index (χ1n) is 6.95. The van der Waals surface area contributed by atoms with E-state index in [-0.39, 0.29) is 6.23 Å². The molecule has 0 spiro atoms. The zero-order chi connectivity index (χ0) is 13.5. The Morgan fingerprint density at radius 1 is 1.26 bits per heavy atom. The first kappa shape index (κ1) is 12.4. The van der Waals surface area contributed by atoms with Gasteiger partial charge in [-0.25, -0.2) is 0 Å². The van der Waals surface area contributed by atoms with Gasteiger partial charge in [0, 0.05) is 6.20 Å². The highest BCUT2D eigenvalue weighted by Gasteiger charge is 2.35. The summed E-state index contributed by atoms with van der Waals surface area (Å²) in [4.78, 5) is 0. The largest absolute Gasteiger partial charge is 0.482 e. The summed E-state index contributed by atoms with van der Waals surface area (Å²) in [7, 11) is 0. The van der Waals surface area contributed by atoms with Gasteiger partial charge in [0.2, 0.25) is 6.23 Å². The number of aryl methyl sites for hydroxylation is 2. The first-order valence-corrected chi connectivity index (χ1v) is 6.95. The molecule has 1 atom stereocenters. The molecule has 0 fully saturated rings. The summed E-state index contributed by atoms with van der Waals surface area (Å²) in [6, 6.07) is 6.45. The third-order valence-electron chi connectivity index (χ3n) is 3.82. The SMILES string of the molecule is CC1=CN[C@H](C(C)(C)Oc2ccc3c(c2)CCC3)O1. The van der Waals surface area contributed by atoms with E-state index < -0.39 is 5.60 Å². The standard InChI is InChI=1S/C16H21NO2/c1-11-10-17-15(18-11)16(2,3)19-14-8-7-12-5-4-6-13(12)9-14/h7-10,15,17H,4-6H2,1-3H3/t15-/m0/s1. The van der Waals surface area contributed by atoms with Crippen LogP contribution in [-0.4, -0.2) is 11.8 Å². The summed E-state index contributed by atoms with van der Waals surface area (Å²) >= 11 is 0. The molecule has 3 rings (SSSR count). The van der Waals surface area contributed by atoms with Crippen LogP contribution < -0.4 is 10.1 Å². The number of hydrogen-bond donors (Lipinski definition) is 1.